The summed E-state index contributed by atoms with van der Waals surface area (Å²) in [5.74, 6) is 0. The van der Waals surface area contributed by atoms with Crippen LogP contribution in [0.4, 0.5) is 0 Å². The molecule has 0 atom stereocenters. The fourth-order valence-electron chi connectivity index (χ4n) is 0.838. The van der Waals surface area contributed by atoms with E-state index >= 15 is 0 Å². The maximum Gasteiger partial charge on any atom is 0.106 e. The zero-order valence-corrected chi connectivity index (χ0v) is 8.41. The van der Waals surface area contributed by atoms with Gasteiger partial charge in [-0.2, -0.15) is 0 Å². The van der Waals surface area contributed by atoms with Gasteiger partial charge in [-0.25, -0.2) is 0 Å². The number of rotatable bonds is 3. The Hall–Kier alpha value is -0.830. The van der Waals surface area contributed by atoms with Gasteiger partial charge in [0.05, 0.1) is 0 Å². The van der Waals surface area contributed by atoms with E-state index in [1.54, 1.807) is 6.21 Å². The van der Waals surface area contributed by atoms with Gasteiger partial charge < -0.3 is 4.84 Å². The quantitative estimate of drug-likeness (QED) is 0.575. The van der Waals surface area contributed by atoms with Crippen LogP contribution in [-0.2, 0) is 11.3 Å². The number of halogens is 1. The highest BCUT2D eigenvalue weighted by Gasteiger charge is 1.89. The van der Waals surface area contributed by atoms with Crippen LogP contribution in [0.3, 0.4) is 0 Å². The smallest absolute Gasteiger partial charge is 0.106 e. The second kappa shape index (κ2) is 4.93. The third-order valence-electron chi connectivity index (χ3n) is 1.42. The number of hydrogen-bond donors (Lipinski definition) is 0. The Morgan fingerprint density at radius 2 is 2.08 bits per heavy atom. The summed E-state index contributed by atoms with van der Waals surface area (Å²) in [4.78, 5) is 4.55. The molecule has 0 aromatic heterocycles. The largest absolute Gasteiger partial charge is 0.399 e. The van der Waals surface area contributed by atoms with Crippen molar-refractivity contribution in [3.8, 4) is 0 Å². The van der Waals surface area contributed by atoms with Crippen molar-refractivity contribution in [1.82, 2.24) is 0 Å². The van der Waals surface area contributed by atoms with Crippen LogP contribution in [0.2, 0.25) is 0 Å². The number of benzene rings is 1. The average molecular weight is 228 g/mol. The zero-order chi connectivity index (χ0) is 8.81. The van der Waals surface area contributed by atoms with E-state index in [9.17, 15) is 0 Å². The van der Waals surface area contributed by atoms with Gasteiger partial charge in [0.2, 0.25) is 0 Å². The molecule has 0 spiro atoms. The van der Waals surface area contributed by atoms with Crippen molar-refractivity contribution in [2.45, 2.75) is 6.42 Å². The van der Waals surface area contributed by atoms with Crippen molar-refractivity contribution in [2.24, 2.45) is 5.16 Å². The average Bonchev–Trinajstić information content (AvgIpc) is 2.09. The summed E-state index contributed by atoms with van der Waals surface area (Å²) in [6.45, 7) is 0. The molecule has 0 aliphatic rings. The molecular weight excluding hydrogens is 218 g/mol. The van der Waals surface area contributed by atoms with Crippen LogP contribution in [0.1, 0.15) is 5.56 Å². The molecule has 0 aliphatic carbocycles. The first-order valence-corrected chi connectivity index (χ1v) is 4.41. The Morgan fingerprint density at radius 1 is 1.42 bits per heavy atom. The molecule has 0 radical (unpaired) electrons. The summed E-state index contributed by atoms with van der Waals surface area (Å²) in [6.07, 6.45) is 2.55. The number of oxime groups is 1. The molecule has 0 fully saturated rings. The molecule has 0 amide bonds. The van der Waals surface area contributed by atoms with E-state index in [-0.39, 0.29) is 0 Å². The third kappa shape index (κ3) is 3.05. The molecule has 0 saturated heterocycles. The Balaban J connectivity index is 2.53. The van der Waals surface area contributed by atoms with Gasteiger partial charge >= 0.3 is 0 Å². The van der Waals surface area contributed by atoms with Crippen molar-refractivity contribution in [1.29, 1.82) is 0 Å². The minimum atomic E-state index is 0.807. The second-order valence-electron chi connectivity index (χ2n) is 2.30. The molecule has 12 heavy (non-hydrogen) atoms. The third-order valence-corrected chi connectivity index (χ3v) is 1.95. The molecule has 0 unspecified atom stereocenters. The van der Waals surface area contributed by atoms with Gasteiger partial charge in [-0.1, -0.05) is 33.2 Å². The summed E-state index contributed by atoms with van der Waals surface area (Å²) >= 11 is 3.37. The van der Waals surface area contributed by atoms with Crippen molar-refractivity contribution in [3.63, 3.8) is 0 Å². The molecule has 0 saturated carbocycles. The fraction of sp³-hybridized carbons (Fsp3) is 0.222. The lowest BCUT2D eigenvalue weighted by Gasteiger charge is -1.94. The zero-order valence-electron chi connectivity index (χ0n) is 6.83. The Morgan fingerprint density at radius 3 is 2.67 bits per heavy atom. The van der Waals surface area contributed by atoms with Crippen LogP contribution in [0.5, 0.6) is 0 Å². The lowest BCUT2D eigenvalue weighted by atomic mass is 10.2. The van der Waals surface area contributed by atoms with E-state index in [1.165, 1.54) is 12.7 Å². The molecule has 0 aliphatic heterocycles. The SMILES string of the molecule is CON=CCc1ccc(Br)cc1. The summed E-state index contributed by atoms with van der Waals surface area (Å²) in [5.41, 5.74) is 1.22. The second-order valence-corrected chi connectivity index (χ2v) is 3.22. The maximum absolute atomic E-state index is 4.55. The van der Waals surface area contributed by atoms with Crippen molar-refractivity contribution in [2.75, 3.05) is 7.11 Å². The highest BCUT2D eigenvalue weighted by Crippen LogP contribution is 2.10. The summed E-state index contributed by atoms with van der Waals surface area (Å²) in [6, 6.07) is 8.11. The van der Waals surface area contributed by atoms with Crippen LogP contribution >= 0.6 is 15.9 Å². The monoisotopic (exact) mass is 227 g/mol. The van der Waals surface area contributed by atoms with E-state index in [4.69, 9.17) is 0 Å². The predicted molar refractivity (Wildman–Crippen MR) is 53.3 cm³/mol. The molecule has 2 nitrogen and oxygen atoms in total. The standard InChI is InChI=1S/C9H10BrNO/c1-12-11-7-6-8-2-4-9(10)5-3-8/h2-5,7H,6H2,1H3. The van der Waals surface area contributed by atoms with Crippen LogP contribution in [0.15, 0.2) is 33.9 Å². The maximum atomic E-state index is 4.55. The van der Waals surface area contributed by atoms with Crippen molar-refractivity contribution < 1.29 is 4.84 Å². The van der Waals surface area contributed by atoms with E-state index in [2.05, 4.69) is 25.9 Å². The van der Waals surface area contributed by atoms with Gasteiger partial charge in [-0.05, 0) is 17.7 Å². The van der Waals surface area contributed by atoms with Crippen LogP contribution < -0.4 is 0 Å². The fourth-order valence-corrected chi connectivity index (χ4v) is 1.10. The minimum Gasteiger partial charge on any atom is -0.399 e. The molecular formula is C9H10BrNO. The van der Waals surface area contributed by atoms with Gasteiger partial charge in [0, 0.05) is 17.1 Å². The number of hydrogen-bond acceptors (Lipinski definition) is 2. The first kappa shape index (κ1) is 9.26. The number of nitrogens with zero attached hydrogens (tertiary/aromatic N) is 1. The first-order chi connectivity index (χ1) is 5.83. The van der Waals surface area contributed by atoms with Gasteiger partial charge in [0.1, 0.15) is 7.11 Å². The Bertz CT molecular complexity index is 256. The highest BCUT2D eigenvalue weighted by atomic mass is 79.9. The van der Waals surface area contributed by atoms with Gasteiger partial charge in [0.15, 0.2) is 0 Å². The molecule has 3 heteroatoms. The molecule has 1 aromatic carbocycles. The first-order valence-electron chi connectivity index (χ1n) is 3.62. The molecule has 1 aromatic rings. The van der Waals surface area contributed by atoms with Crippen molar-refractivity contribution in [3.05, 3.63) is 34.3 Å². The van der Waals surface area contributed by atoms with E-state index in [0.717, 1.165) is 10.9 Å². The van der Waals surface area contributed by atoms with Gasteiger partial charge in [0.25, 0.3) is 0 Å². The lowest BCUT2D eigenvalue weighted by molar-refractivity contribution is 0.215. The van der Waals surface area contributed by atoms with Gasteiger partial charge in [-0.3, -0.25) is 0 Å². The topological polar surface area (TPSA) is 21.6 Å². The predicted octanol–water partition coefficient (Wildman–Crippen LogP) is 2.62. The molecule has 0 N–H and O–H groups in total. The van der Waals surface area contributed by atoms with E-state index in [0.29, 0.717) is 0 Å². The highest BCUT2D eigenvalue weighted by molar-refractivity contribution is 9.10. The molecule has 1 rings (SSSR count). The molecule has 64 valence electrons. The van der Waals surface area contributed by atoms with Crippen LogP contribution in [0, 0.1) is 0 Å². The lowest BCUT2D eigenvalue weighted by Crippen LogP contribution is -1.85. The summed E-state index contributed by atoms with van der Waals surface area (Å²) < 4.78 is 1.09. The van der Waals surface area contributed by atoms with E-state index in [1.807, 2.05) is 24.3 Å². The molecule has 0 bridgehead atoms. The van der Waals surface area contributed by atoms with Crippen molar-refractivity contribution >= 4 is 22.1 Å². The summed E-state index contributed by atoms with van der Waals surface area (Å²) in [5, 5.41) is 3.65. The van der Waals surface area contributed by atoms with Crippen LogP contribution in [0.25, 0.3) is 0 Å². The normalized spacial score (nSPS) is 10.5. The Kier molecular flexibility index (Phi) is 3.80. The minimum absolute atomic E-state index is 0.807. The van der Waals surface area contributed by atoms with Crippen LogP contribution in [-0.4, -0.2) is 13.3 Å². The Labute approximate surface area is 80.4 Å². The summed E-state index contributed by atoms with van der Waals surface area (Å²) in [7, 11) is 1.54. The van der Waals surface area contributed by atoms with Gasteiger partial charge in [-0.15, -0.1) is 0 Å². The van der Waals surface area contributed by atoms with E-state index < -0.39 is 0 Å². The molecule has 0 heterocycles.